The number of rotatable bonds is 5. The number of aromatic nitrogens is 1. The van der Waals surface area contributed by atoms with Crippen LogP contribution in [0.15, 0.2) is 58.8 Å². The number of fused-ring (bicyclic) bond motifs is 1. The second kappa shape index (κ2) is 7.77. The van der Waals surface area contributed by atoms with Crippen LogP contribution in [0.2, 0.25) is 0 Å². The smallest absolute Gasteiger partial charge is 0.326 e. The Bertz CT molecular complexity index is 1030. The summed E-state index contributed by atoms with van der Waals surface area (Å²) in [5.41, 5.74) is 0.770. The highest BCUT2D eigenvalue weighted by Gasteiger charge is 2.19. The van der Waals surface area contributed by atoms with Crippen molar-refractivity contribution >= 4 is 28.5 Å². The number of carbonyl (C=O) groups is 2. The maximum absolute atomic E-state index is 13.0. The highest BCUT2D eigenvalue weighted by molar-refractivity contribution is 5.97. The first-order valence-corrected chi connectivity index (χ1v) is 8.18. The number of hydrogen-bond acceptors (Lipinski definition) is 5. The number of halogens is 1. The van der Waals surface area contributed by atoms with Gasteiger partial charge in [0.1, 0.15) is 12.4 Å². The molecule has 0 saturated heterocycles. The van der Waals surface area contributed by atoms with Crippen LogP contribution in [0.1, 0.15) is 17.3 Å². The number of para-hydroxylation sites is 1. The molecule has 138 valence electrons. The number of esters is 1. The molecule has 0 aliphatic rings. The van der Waals surface area contributed by atoms with Crippen LogP contribution in [0.25, 0.3) is 10.9 Å². The van der Waals surface area contributed by atoms with Gasteiger partial charge >= 0.3 is 5.97 Å². The van der Waals surface area contributed by atoms with Crippen LogP contribution in [-0.4, -0.2) is 28.2 Å². The molecule has 0 atom stereocenters. The van der Waals surface area contributed by atoms with Crippen LogP contribution in [0.4, 0.5) is 10.1 Å². The van der Waals surface area contributed by atoms with Crippen molar-refractivity contribution in [2.45, 2.75) is 13.5 Å². The third-order valence-electron chi connectivity index (χ3n) is 3.84. The lowest BCUT2D eigenvalue weighted by Crippen LogP contribution is -2.12. The van der Waals surface area contributed by atoms with Gasteiger partial charge in [-0.3, -0.25) is 14.2 Å². The van der Waals surface area contributed by atoms with Crippen LogP contribution in [0.5, 0.6) is 5.88 Å². The molecule has 0 fully saturated rings. The number of benzene rings is 2. The van der Waals surface area contributed by atoms with Gasteiger partial charge in [-0.05, 0) is 37.3 Å². The summed E-state index contributed by atoms with van der Waals surface area (Å²) in [6.45, 7) is 1.70. The number of ether oxygens (including phenoxy) is 1. The van der Waals surface area contributed by atoms with Gasteiger partial charge in [-0.1, -0.05) is 18.2 Å². The lowest BCUT2D eigenvalue weighted by atomic mass is 10.2. The van der Waals surface area contributed by atoms with Crippen LogP contribution in [0, 0.1) is 5.82 Å². The number of carbonyl (C=O) groups excluding carboxylic acids is 2. The molecule has 8 heteroatoms. The second-order valence-corrected chi connectivity index (χ2v) is 5.59. The third kappa shape index (κ3) is 3.84. The summed E-state index contributed by atoms with van der Waals surface area (Å²) in [6, 6.07) is 11.7. The molecule has 1 heterocycles. The Morgan fingerprint density at radius 3 is 2.56 bits per heavy atom. The molecule has 1 amide bonds. The molecule has 27 heavy (non-hydrogen) atoms. The van der Waals surface area contributed by atoms with Gasteiger partial charge in [0.15, 0.2) is 5.69 Å². The Kier molecular flexibility index (Phi) is 5.25. The molecule has 1 N–H and O–H groups in total. The Morgan fingerprint density at radius 2 is 1.85 bits per heavy atom. The number of aromatic hydroxyl groups is 1. The number of hydrogen-bond donors (Lipinski definition) is 1. The zero-order chi connectivity index (χ0) is 19.4. The molecule has 0 aliphatic carbocycles. The molecule has 3 aromatic rings. The van der Waals surface area contributed by atoms with Crippen LogP contribution in [0.3, 0.4) is 0 Å². The topological polar surface area (TPSA) is 93.2 Å². The fourth-order valence-electron chi connectivity index (χ4n) is 2.61. The van der Waals surface area contributed by atoms with Crippen LogP contribution >= 0.6 is 0 Å². The quantitative estimate of drug-likeness (QED) is 0.544. The van der Waals surface area contributed by atoms with Gasteiger partial charge in [0.2, 0.25) is 5.88 Å². The number of amides is 1. The van der Waals surface area contributed by atoms with E-state index < -0.39 is 17.7 Å². The summed E-state index contributed by atoms with van der Waals surface area (Å²) in [5, 5.41) is 18.5. The highest BCUT2D eigenvalue weighted by atomic mass is 19.1. The van der Waals surface area contributed by atoms with Crippen molar-refractivity contribution in [3.63, 3.8) is 0 Å². The fourth-order valence-corrected chi connectivity index (χ4v) is 2.61. The molecule has 0 unspecified atom stereocenters. The van der Waals surface area contributed by atoms with Crippen LogP contribution in [-0.2, 0) is 16.1 Å². The summed E-state index contributed by atoms with van der Waals surface area (Å²) < 4.78 is 19.2. The van der Waals surface area contributed by atoms with E-state index in [4.69, 9.17) is 4.74 Å². The summed E-state index contributed by atoms with van der Waals surface area (Å²) in [6.07, 6.45) is 0. The molecule has 3 rings (SSSR count). The molecular weight excluding hydrogens is 353 g/mol. The minimum absolute atomic E-state index is 0.0605. The summed E-state index contributed by atoms with van der Waals surface area (Å²) in [7, 11) is 0. The van der Waals surface area contributed by atoms with Gasteiger partial charge in [-0.2, -0.15) is 0 Å². The van der Waals surface area contributed by atoms with E-state index in [1.54, 1.807) is 31.2 Å². The average molecular weight is 369 g/mol. The Morgan fingerprint density at radius 1 is 1.15 bits per heavy atom. The highest BCUT2D eigenvalue weighted by Crippen LogP contribution is 2.38. The van der Waals surface area contributed by atoms with Crippen molar-refractivity contribution in [1.82, 2.24) is 4.57 Å². The molecule has 0 bridgehead atoms. The van der Waals surface area contributed by atoms with Gasteiger partial charge < -0.3 is 9.84 Å². The van der Waals surface area contributed by atoms with E-state index in [1.807, 2.05) is 0 Å². The van der Waals surface area contributed by atoms with E-state index in [-0.39, 0.29) is 30.3 Å². The van der Waals surface area contributed by atoms with E-state index in [1.165, 1.54) is 16.7 Å². The SMILES string of the molecule is CCOC(=O)Cn1c(O)c(N=NC(=O)c2ccc(F)cc2)c2ccccc21. The maximum Gasteiger partial charge on any atom is 0.326 e. The van der Waals surface area contributed by atoms with Gasteiger partial charge in [-0.15, -0.1) is 10.2 Å². The zero-order valence-electron chi connectivity index (χ0n) is 14.4. The molecular formula is C19H16FN3O4. The molecule has 0 spiro atoms. The molecule has 1 aromatic heterocycles. The Labute approximate surface area is 153 Å². The molecule has 7 nitrogen and oxygen atoms in total. The standard InChI is InChI=1S/C19H16FN3O4/c1-2-27-16(24)11-23-15-6-4-3-5-14(15)17(19(23)26)21-22-18(25)12-7-9-13(20)10-8-12/h3-10,26H,2,11H2,1H3. The molecule has 2 aromatic carbocycles. The first kappa shape index (κ1) is 18.2. The van der Waals surface area contributed by atoms with Crippen molar-refractivity contribution < 1.29 is 23.8 Å². The summed E-state index contributed by atoms with van der Waals surface area (Å²) >= 11 is 0. The third-order valence-corrected chi connectivity index (χ3v) is 3.84. The predicted molar refractivity (Wildman–Crippen MR) is 95.5 cm³/mol. The van der Waals surface area contributed by atoms with Crippen LogP contribution < -0.4 is 0 Å². The lowest BCUT2D eigenvalue weighted by molar-refractivity contribution is -0.143. The lowest BCUT2D eigenvalue weighted by Gasteiger charge is -2.06. The van der Waals surface area contributed by atoms with Crippen molar-refractivity contribution in [2.75, 3.05) is 6.61 Å². The van der Waals surface area contributed by atoms with Gasteiger partial charge in [-0.25, -0.2) is 4.39 Å². The Balaban J connectivity index is 1.96. The molecule has 0 saturated carbocycles. The minimum Gasteiger partial charge on any atom is -0.493 e. The normalized spacial score (nSPS) is 11.2. The van der Waals surface area contributed by atoms with Gasteiger partial charge in [0.25, 0.3) is 5.91 Å². The van der Waals surface area contributed by atoms with E-state index in [2.05, 4.69) is 10.2 Å². The summed E-state index contributed by atoms with van der Waals surface area (Å²) in [4.78, 5) is 23.9. The summed E-state index contributed by atoms with van der Waals surface area (Å²) in [5.74, 6) is -1.97. The van der Waals surface area contributed by atoms with E-state index in [0.717, 1.165) is 12.1 Å². The monoisotopic (exact) mass is 369 g/mol. The Hall–Kier alpha value is -3.55. The van der Waals surface area contributed by atoms with Crippen molar-refractivity contribution in [2.24, 2.45) is 10.2 Å². The van der Waals surface area contributed by atoms with E-state index in [0.29, 0.717) is 10.9 Å². The second-order valence-electron chi connectivity index (χ2n) is 5.59. The minimum atomic E-state index is -0.684. The predicted octanol–water partition coefficient (Wildman–Crippen LogP) is 3.97. The van der Waals surface area contributed by atoms with Gasteiger partial charge in [0, 0.05) is 10.9 Å². The number of nitrogens with zero attached hydrogens (tertiary/aromatic N) is 3. The van der Waals surface area contributed by atoms with Crippen molar-refractivity contribution in [1.29, 1.82) is 0 Å². The molecule has 0 radical (unpaired) electrons. The van der Waals surface area contributed by atoms with E-state index in [9.17, 15) is 19.1 Å². The van der Waals surface area contributed by atoms with Gasteiger partial charge in [0.05, 0.1) is 12.1 Å². The average Bonchev–Trinajstić information content (AvgIpc) is 2.92. The zero-order valence-corrected chi connectivity index (χ0v) is 14.4. The van der Waals surface area contributed by atoms with E-state index >= 15 is 0 Å². The first-order valence-electron chi connectivity index (χ1n) is 8.18. The fraction of sp³-hybridized carbons (Fsp3) is 0.158. The largest absolute Gasteiger partial charge is 0.493 e. The maximum atomic E-state index is 13.0. The van der Waals surface area contributed by atoms with Crippen molar-refractivity contribution in [3.05, 3.63) is 59.9 Å². The molecule has 0 aliphatic heterocycles. The number of azo groups is 1. The first-order chi connectivity index (χ1) is 13.0. The van der Waals surface area contributed by atoms with Crippen molar-refractivity contribution in [3.8, 4) is 5.88 Å².